The Kier molecular flexibility index (Phi) is 6.46. The van der Waals surface area contributed by atoms with Gasteiger partial charge in [0.1, 0.15) is 5.75 Å². The van der Waals surface area contributed by atoms with Crippen LogP contribution < -0.4 is 4.74 Å². The minimum absolute atomic E-state index is 0.225. The van der Waals surface area contributed by atoms with Crippen LogP contribution in [-0.2, 0) is 6.42 Å². The SMILES string of the molecule is COc1ccc(CC2C(C)=C(C)CCN2CCC(=O)c2ccccc2)cc1. The summed E-state index contributed by atoms with van der Waals surface area (Å²) in [5.74, 6) is 1.11. The topological polar surface area (TPSA) is 29.5 Å². The molecule has 1 aliphatic heterocycles. The van der Waals surface area contributed by atoms with Gasteiger partial charge in [-0.25, -0.2) is 0 Å². The largest absolute Gasteiger partial charge is 0.497 e. The number of carbonyl (C=O) groups is 1. The van der Waals surface area contributed by atoms with Crippen LogP contribution in [0.15, 0.2) is 65.7 Å². The molecule has 142 valence electrons. The van der Waals surface area contributed by atoms with Crippen molar-refractivity contribution in [3.05, 3.63) is 76.9 Å². The lowest BCUT2D eigenvalue weighted by Gasteiger charge is -2.37. The van der Waals surface area contributed by atoms with Crippen molar-refractivity contribution in [3.8, 4) is 5.75 Å². The van der Waals surface area contributed by atoms with Crippen molar-refractivity contribution in [2.75, 3.05) is 20.2 Å². The molecule has 0 radical (unpaired) electrons. The van der Waals surface area contributed by atoms with E-state index in [0.29, 0.717) is 12.5 Å². The monoisotopic (exact) mass is 363 g/mol. The fourth-order valence-electron chi connectivity index (χ4n) is 3.77. The summed E-state index contributed by atoms with van der Waals surface area (Å²) < 4.78 is 5.27. The maximum absolute atomic E-state index is 12.5. The summed E-state index contributed by atoms with van der Waals surface area (Å²) in [5.41, 5.74) is 5.04. The summed E-state index contributed by atoms with van der Waals surface area (Å²) >= 11 is 0. The van der Waals surface area contributed by atoms with Crippen molar-refractivity contribution in [1.29, 1.82) is 0 Å². The molecule has 0 aliphatic carbocycles. The van der Waals surface area contributed by atoms with Crippen molar-refractivity contribution in [3.63, 3.8) is 0 Å². The molecule has 0 bridgehead atoms. The van der Waals surface area contributed by atoms with E-state index in [1.807, 2.05) is 42.5 Å². The number of ketones is 1. The van der Waals surface area contributed by atoms with Crippen molar-refractivity contribution in [1.82, 2.24) is 4.90 Å². The van der Waals surface area contributed by atoms with Crippen LogP contribution in [0.2, 0.25) is 0 Å². The van der Waals surface area contributed by atoms with Gasteiger partial charge in [-0.05, 0) is 44.4 Å². The Labute approximate surface area is 162 Å². The number of methoxy groups -OCH3 is 1. The minimum Gasteiger partial charge on any atom is -0.497 e. The fraction of sp³-hybridized carbons (Fsp3) is 0.375. The molecule has 1 heterocycles. The molecule has 0 spiro atoms. The third kappa shape index (κ3) is 4.86. The highest BCUT2D eigenvalue weighted by Gasteiger charge is 2.26. The molecule has 2 aromatic carbocycles. The molecular formula is C24H29NO2. The van der Waals surface area contributed by atoms with Crippen molar-refractivity contribution >= 4 is 5.78 Å². The molecule has 3 heteroatoms. The van der Waals surface area contributed by atoms with E-state index in [1.54, 1.807) is 7.11 Å². The average Bonchev–Trinajstić information content (AvgIpc) is 2.71. The second kappa shape index (κ2) is 9.01. The number of Topliss-reactive ketones (excluding diaryl/α,β-unsaturated/α-hetero) is 1. The normalized spacial score (nSPS) is 17.8. The van der Waals surface area contributed by atoms with Crippen molar-refractivity contribution in [2.45, 2.75) is 39.2 Å². The van der Waals surface area contributed by atoms with E-state index in [1.165, 1.54) is 16.7 Å². The molecule has 27 heavy (non-hydrogen) atoms. The van der Waals surface area contributed by atoms with E-state index >= 15 is 0 Å². The quantitative estimate of drug-likeness (QED) is 0.516. The number of rotatable bonds is 7. The smallest absolute Gasteiger partial charge is 0.164 e. The summed E-state index contributed by atoms with van der Waals surface area (Å²) in [4.78, 5) is 15.0. The molecule has 0 fully saturated rings. The Bertz CT molecular complexity index is 793. The highest BCUT2D eigenvalue weighted by molar-refractivity contribution is 5.96. The van der Waals surface area contributed by atoms with Crippen LogP contribution in [0.3, 0.4) is 0 Å². The zero-order valence-corrected chi connectivity index (χ0v) is 16.6. The zero-order chi connectivity index (χ0) is 19.2. The molecule has 2 aromatic rings. The summed E-state index contributed by atoms with van der Waals surface area (Å²) in [6, 6.07) is 18.3. The van der Waals surface area contributed by atoms with Gasteiger partial charge in [0.15, 0.2) is 5.78 Å². The Morgan fingerprint density at radius 2 is 1.78 bits per heavy atom. The number of benzene rings is 2. The first kappa shape index (κ1) is 19.4. The van der Waals surface area contributed by atoms with Gasteiger partial charge in [0.2, 0.25) is 0 Å². The zero-order valence-electron chi connectivity index (χ0n) is 16.6. The summed E-state index contributed by atoms with van der Waals surface area (Å²) in [7, 11) is 1.69. The van der Waals surface area contributed by atoms with Crippen LogP contribution in [-0.4, -0.2) is 36.9 Å². The summed E-state index contributed by atoms with van der Waals surface area (Å²) in [6.45, 7) is 6.31. The molecule has 1 unspecified atom stereocenters. The number of hydrogen-bond acceptors (Lipinski definition) is 3. The summed E-state index contributed by atoms with van der Waals surface area (Å²) in [5, 5.41) is 0. The van der Waals surface area contributed by atoms with Crippen LogP contribution >= 0.6 is 0 Å². The summed E-state index contributed by atoms with van der Waals surface area (Å²) in [6.07, 6.45) is 2.62. The third-order valence-corrected chi connectivity index (χ3v) is 5.70. The molecular weight excluding hydrogens is 334 g/mol. The van der Waals surface area contributed by atoms with Crippen LogP contribution in [0, 0.1) is 0 Å². The van der Waals surface area contributed by atoms with Gasteiger partial charge in [0, 0.05) is 31.1 Å². The predicted octanol–water partition coefficient (Wildman–Crippen LogP) is 4.92. The molecule has 3 rings (SSSR count). The van der Waals surface area contributed by atoms with Gasteiger partial charge in [0.05, 0.1) is 7.11 Å². The first-order chi connectivity index (χ1) is 13.1. The molecule has 1 atom stereocenters. The Morgan fingerprint density at radius 1 is 1.07 bits per heavy atom. The number of hydrogen-bond donors (Lipinski definition) is 0. The van der Waals surface area contributed by atoms with Gasteiger partial charge in [0.25, 0.3) is 0 Å². The van der Waals surface area contributed by atoms with E-state index in [2.05, 4.69) is 30.9 Å². The Hall–Kier alpha value is -2.39. The standard InChI is InChI=1S/C24H29NO2/c1-18-13-15-25(16-14-24(26)21-7-5-4-6-8-21)23(19(18)2)17-20-9-11-22(27-3)12-10-20/h4-12,23H,13-17H2,1-3H3. The van der Waals surface area contributed by atoms with Crippen LogP contribution in [0.25, 0.3) is 0 Å². The van der Waals surface area contributed by atoms with Gasteiger partial charge < -0.3 is 4.74 Å². The number of nitrogens with zero attached hydrogens (tertiary/aromatic N) is 1. The number of carbonyl (C=O) groups excluding carboxylic acids is 1. The van der Waals surface area contributed by atoms with Gasteiger partial charge in [-0.3, -0.25) is 9.69 Å². The van der Waals surface area contributed by atoms with Crippen molar-refractivity contribution < 1.29 is 9.53 Å². The molecule has 0 aromatic heterocycles. The maximum atomic E-state index is 12.5. The second-order valence-electron chi connectivity index (χ2n) is 7.36. The lowest BCUT2D eigenvalue weighted by molar-refractivity contribution is 0.0952. The number of ether oxygens (including phenoxy) is 1. The first-order valence-corrected chi connectivity index (χ1v) is 9.70. The molecule has 3 nitrogen and oxygen atoms in total. The van der Waals surface area contributed by atoms with E-state index < -0.39 is 0 Å². The minimum atomic E-state index is 0.225. The van der Waals surface area contributed by atoms with E-state index in [-0.39, 0.29) is 5.78 Å². The first-order valence-electron chi connectivity index (χ1n) is 9.70. The predicted molar refractivity (Wildman–Crippen MR) is 110 cm³/mol. The Morgan fingerprint density at radius 3 is 2.44 bits per heavy atom. The molecule has 0 saturated carbocycles. The van der Waals surface area contributed by atoms with E-state index in [9.17, 15) is 4.79 Å². The molecule has 0 N–H and O–H groups in total. The van der Waals surface area contributed by atoms with Gasteiger partial charge in [-0.15, -0.1) is 0 Å². The molecule has 0 saturated heterocycles. The van der Waals surface area contributed by atoms with Crippen LogP contribution in [0.1, 0.15) is 42.6 Å². The second-order valence-corrected chi connectivity index (χ2v) is 7.36. The maximum Gasteiger partial charge on any atom is 0.164 e. The average molecular weight is 364 g/mol. The highest BCUT2D eigenvalue weighted by Crippen LogP contribution is 2.27. The van der Waals surface area contributed by atoms with E-state index in [4.69, 9.17) is 4.74 Å². The van der Waals surface area contributed by atoms with Crippen LogP contribution in [0.4, 0.5) is 0 Å². The lowest BCUT2D eigenvalue weighted by Crippen LogP contribution is -2.43. The van der Waals surface area contributed by atoms with Crippen LogP contribution in [0.5, 0.6) is 5.75 Å². The van der Waals surface area contributed by atoms with Gasteiger partial charge >= 0.3 is 0 Å². The molecule has 0 amide bonds. The fourth-order valence-corrected chi connectivity index (χ4v) is 3.77. The van der Waals surface area contributed by atoms with Gasteiger partial charge in [-0.1, -0.05) is 53.6 Å². The van der Waals surface area contributed by atoms with Gasteiger partial charge in [-0.2, -0.15) is 0 Å². The van der Waals surface area contributed by atoms with E-state index in [0.717, 1.165) is 37.2 Å². The Balaban J connectivity index is 1.69. The van der Waals surface area contributed by atoms with Crippen molar-refractivity contribution in [2.24, 2.45) is 0 Å². The highest BCUT2D eigenvalue weighted by atomic mass is 16.5. The third-order valence-electron chi connectivity index (χ3n) is 5.70. The molecule has 1 aliphatic rings. The lowest BCUT2D eigenvalue weighted by atomic mass is 9.90.